The molecule has 4 heteroatoms. The molecule has 0 aromatic carbocycles. The molecular weight excluding hydrogens is 206 g/mol. The average molecular weight is 231 g/mol. The topological polar surface area (TPSA) is 21.7 Å². The summed E-state index contributed by atoms with van der Waals surface area (Å²) in [6, 6.07) is 1.26. The van der Waals surface area contributed by atoms with Crippen molar-refractivity contribution in [3.05, 3.63) is 0 Å². The molecule has 0 N–H and O–H groups in total. The molecule has 1 fully saturated rings. The number of piperidine rings is 1. The van der Waals surface area contributed by atoms with E-state index in [0.29, 0.717) is 12.1 Å². The Balaban J connectivity index is 2.60. The van der Waals surface area contributed by atoms with Crippen molar-refractivity contribution in [1.82, 2.24) is 4.57 Å². The molecule has 0 spiro atoms. The molecule has 1 saturated heterocycles. The van der Waals surface area contributed by atoms with E-state index in [-0.39, 0.29) is 0 Å². The van der Waals surface area contributed by atoms with Crippen LogP contribution in [0.1, 0.15) is 47.0 Å². The molecule has 1 rings (SSSR count). The highest BCUT2D eigenvalue weighted by Crippen LogP contribution is 2.24. The lowest BCUT2D eigenvalue weighted by atomic mass is 10.0. The molecule has 0 radical (unpaired) electrons. The molecule has 3 nitrogen and oxygen atoms in total. The Morgan fingerprint density at radius 1 is 1.07 bits per heavy atom. The molecular formula is C11H25NO2Si. The predicted octanol–water partition coefficient (Wildman–Crippen LogP) is 2.04. The van der Waals surface area contributed by atoms with Gasteiger partial charge in [-0.1, -0.05) is 20.3 Å². The highest BCUT2D eigenvalue weighted by atomic mass is 28.3. The summed E-state index contributed by atoms with van der Waals surface area (Å²) in [4.78, 5) is 0. The summed E-state index contributed by atoms with van der Waals surface area (Å²) >= 11 is 0. The van der Waals surface area contributed by atoms with Crippen LogP contribution in [0.5, 0.6) is 0 Å². The summed E-state index contributed by atoms with van der Waals surface area (Å²) < 4.78 is 14.1. The van der Waals surface area contributed by atoms with Crippen molar-refractivity contribution in [3.8, 4) is 0 Å². The van der Waals surface area contributed by atoms with Gasteiger partial charge in [-0.2, -0.15) is 0 Å². The van der Waals surface area contributed by atoms with Crippen LogP contribution in [0.3, 0.4) is 0 Å². The van der Waals surface area contributed by atoms with E-state index in [9.17, 15) is 0 Å². The standard InChI is InChI=1S/C11H25NO2Si/c1-5-13-15(14-6-2)12-10(3)8-7-9-11(12)4/h10-11,15H,5-9H2,1-4H3/t10-,11-/m1/s1. The van der Waals surface area contributed by atoms with Crippen molar-refractivity contribution in [2.75, 3.05) is 13.2 Å². The molecule has 0 aromatic rings. The van der Waals surface area contributed by atoms with Crippen molar-refractivity contribution in [2.24, 2.45) is 0 Å². The molecule has 0 aromatic heterocycles. The van der Waals surface area contributed by atoms with Gasteiger partial charge in [0.2, 0.25) is 0 Å². The summed E-state index contributed by atoms with van der Waals surface area (Å²) in [5.74, 6) is 0. The minimum atomic E-state index is -1.60. The van der Waals surface area contributed by atoms with Crippen molar-refractivity contribution >= 4 is 9.45 Å². The molecule has 2 atom stereocenters. The van der Waals surface area contributed by atoms with Crippen molar-refractivity contribution in [2.45, 2.75) is 59.0 Å². The van der Waals surface area contributed by atoms with Gasteiger partial charge in [-0.15, -0.1) is 0 Å². The van der Waals surface area contributed by atoms with Gasteiger partial charge in [0.25, 0.3) is 0 Å². The third kappa shape index (κ3) is 3.55. The normalized spacial score (nSPS) is 28.6. The van der Waals surface area contributed by atoms with Crippen molar-refractivity contribution in [3.63, 3.8) is 0 Å². The maximum atomic E-state index is 5.81. The van der Waals surface area contributed by atoms with Crippen LogP contribution < -0.4 is 0 Å². The van der Waals surface area contributed by atoms with Gasteiger partial charge < -0.3 is 8.85 Å². The van der Waals surface area contributed by atoms with E-state index in [4.69, 9.17) is 8.85 Å². The Kier molecular flexibility index (Phi) is 5.82. The van der Waals surface area contributed by atoms with E-state index in [0.717, 1.165) is 13.2 Å². The van der Waals surface area contributed by atoms with E-state index < -0.39 is 9.45 Å². The molecule has 0 amide bonds. The molecule has 1 aliphatic heterocycles. The largest absolute Gasteiger partial charge is 0.411 e. The van der Waals surface area contributed by atoms with Crippen LogP contribution in [0.2, 0.25) is 0 Å². The molecule has 0 aliphatic carbocycles. The average Bonchev–Trinajstić information content (AvgIpc) is 2.18. The second kappa shape index (κ2) is 6.63. The summed E-state index contributed by atoms with van der Waals surface area (Å²) in [5.41, 5.74) is 0. The predicted molar refractivity (Wildman–Crippen MR) is 65.0 cm³/mol. The number of hydrogen-bond donors (Lipinski definition) is 0. The maximum Gasteiger partial charge on any atom is 0.411 e. The first-order valence-electron chi connectivity index (χ1n) is 6.21. The molecule has 0 saturated carbocycles. The Morgan fingerprint density at radius 3 is 1.93 bits per heavy atom. The van der Waals surface area contributed by atoms with Crippen molar-refractivity contribution < 1.29 is 8.85 Å². The van der Waals surface area contributed by atoms with Crippen LogP contribution in [0.25, 0.3) is 0 Å². The fourth-order valence-corrected chi connectivity index (χ4v) is 4.50. The van der Waals surface area contributed by atoms with E-state index >= 15 is 0 Å². The minimum absolute atomic E-state index is 0.628. The van der Waals surface area contributed by atoms with E-state index in [1.807, 2.05) is 0 Å². The summed E-state index contributed by atoms with van der Waals surface area (Å²) in [6.45, 7) is 10.2. The third-order valence-corrected chi connectivity index (χ3v) is 5.87. The molecule has 90 valence electrons. The van der Waals surface area contributed by atoms with E-state index in [1.54, 1.807) is 0 Å². The first kappa shape index (κ1) is 13.2. The van der Waals surface area contributed by atoms with Gasteiger partial charge in [-0.25, -0.2) is 0 Å². The maximum absolute atomic E-state index is 5.81. The van der Waals surface area contributed by atoms with Crippen LogP contribution in [0, 0.1) is 0 Å². The fraction of sp³-hybridized carbons (Fsp3) is 1.00. The lowest BCUT2D eigenvalue weighted by molar-refractivity contribution is 0.0921. The number of hydrogen-bond acceptors (Lipinski definition) is 3. The van der Waals surface area contributed by atoms with Gasteiger partial charge >= 0.3 is 9.45 Å². The number of rotatable bonds is 5. The highest BCUT2D eigenvalue weighted by Gasteiger charge is 2.34. The zero-order chi connectivity index (χ0) is 11.3. The Morgan fingerprint density at radius 2 is 1.53 bits per heavy atom. The third-order valence-electron chi connectivity index (χ3n) is 3.12. The van der Waals surface area contributed by atoms with E-state index in [1.165, 1.54) is 19.3 Å². The van der Waals surface area contributed by atoms with Gasteiger partial charge in [-0.3, -0.25) is 4.57 Å². The SMILES string of the molecule is CCO[SiH](OCC)N1[C@H](C)CCC[C@H]1C. The first-order valence-corrected chi connectivity index (χ1v) is 7.67. The molecule has 0 unspecified atom stereocenters. The Bertz CT molecular complexity index is 164. The van der Waals surface area contributed by atoms with Gasteiger partial charge in [0.05, 0.1) is 0 Å². The Hall–Kier alpha value is 0.0969. The van der Waals surface area contributed by atoms with Gasteiger partial charge in [-0.05, 0) is 26.7 Å². The zero-order valence-electron chi connectivity index (χ0n) is 10.5. The second-order valence-corrected chi connectivity index (χ2v) is 6.17. The molecule has 1 heterocycles. The monoisotopic (exact) mass is 231 g/mol. The highest BCUT2D eigenvalue weighted by molar-refractivity contribution is 6.41. The van der Waals surface area contributed by atoms with Crippen LogP contribution >= 0.6 is 0 Å². The van der Waals surface area contributed by atoms with E-state index in [2.05, 4.69) is 32.3 Å². The van der Waals surface area contributed by atoms with Crippen LogP contribution in [-0.2, 0) is 8.85 Å². The first-order chi connectivity index (χ1) is 7.20. The summed E-state index contributed by atoms with van der Waals surface area (Å²) in [6.07, 6.45) is 3.92. The number of nitrogens with zero attached hydrogens (tertiary/aromatic N) is 1. The zero-order valence-corrected chi connectivity index (χ0v) is 11.7. The van der Waals surface area contributed by atoms with Gasteiger partial charge in [0.1, 0.15) is 0 Å². The van der Waals surface area contributed by atoms with Gasteiger partial charge in [0, 0.05) is 25.3 Å². The second-order valence-electron chi connectivity index (χ2n) is 4.29. The van der Waals surface area contributed by atoms with Crippen LogP contribution in [0.15, 0.2) is 0 Å². The Labute approximate surface area is 95.7 Å². The molecule has 0 bridgehead atoms. The minimum Gasteiger partial charge on any atom is -0.385 e. The lowest BCUT2D eigenvalue weighted by Crippen LogP contribution is -2.55. The molecule has 15 heavy (non-hydrogen) atoms. The van der Waals surface area contributed by atoms with Crippen LogP contribution in [0.4, 0.5) is 0 Å². The van der Waals surface area contributed by atoms with Crippen molar-refractivity contribution in [1.29, 1.82) is 0 Å². The summed E-state index contributed by atoms with van der Waals surface area (Å²) in [7, 11) is -1.60. The quantitative estimate of drug-likeness (QED) is 0.676. The smallest absolute Gasteiger partial charge is 0.385 e. The van der Waals surface area contributed by atoms with Gasteiger partial charge in [0.15, 0.2) is 0 Å². The lowest BCUT2D eigenvalue weighted by Gasteiger charge is -2.42. The molecule has 1 aliphatic rings. The fourth-order valence-electron chi connectivity index (χ4n) is 2.36. The van der Waals surface area contributed by atoms with Crippen LogP contribution in [-0.4, -0.2) is 39.3 Å². The summed E-state index contributed by atoms with van der Waals surface area (Å²) in [5, 5.41) is 0.